The molecule has 5 heteroatoms. The van der Waals surface area contributed by atoms with Crippen LogP contribution in [0.25, 0.3) is 0 Å². The van der Waals surface area contributed by atoms with E-state index >= 15 is 0 Å². The molecule has 1 atom stereocenters. The van der Waals surface area contributed by atoms with Crippen molar-refractivity contribution in [3.63, 3.8) is 0 Å². The second kappa shape index (κ2) is 7.17. The van der Waals surface area contributed by atoms with E-state index in [0.29, 0.717) is 12.4 Å². The van der Waals surface area contributed by atoms with E-state index in [1.807, 2.05) is 51.1 Å². The van der Waals surface area contributed by atoms with Crippen LogP contribution < -0.4 is 4.52 Å². The first-order chi connectivity index (χ1) is 10.0. The summed E-state index contributed by atoms with van der Waals surface area (Å²) in [4.78, 5) is 0.910. The molecule has 112 valence electrons. The molecule has 2 rings (SSSR count). The average molecular weight is 322 g/mol. The molecule has 0 aliphatic heterocycles. The van der Waals surface area contributed by atoms with Gasteiger partial charge in [-0.25, -0.2) is 4.57 Å². The summed E-state index contributed by atoms with van der Waals surface area (Å²) in [5, 5.41) is 0. The van der Waals surface area contributed by atoms with Gasteiger partial charge in [0.15, 0.2) is 0 Å². The van der Waals surface area contributed by atoms with E-state index in [2.05, 4.69) is 6.07 Å². The Hall–Kier alpha value is -1.22. The highest BCUT2D eigenvalue weighted by molar-refractivity contribution is 8.55. The van der Waals surface area contributed by atoms with E-state index in [-0.39, 0.29) is 0 Å². The van der Waals surface area contributed by atoms with E-state index < -0.39 is 6.80 Å². The highest BCUT2D eigenvalue weighted by Crippen LogP contribution is 2.63. The fourth-order valence-electron chi connectivity index (χ4n) is 1.86. The predicted octanol–water partition coefficient (Wildman–Crippen LogP) is 5.62. The summed E-state index contributed by atoms with van der Waals surface area (Å²) in [5.74, 6) is 0.548. The molecule has 3 nitrogen and oxygen atoms in total. The topological polar surface area (TPSA) is 35.5 Å². The number of aryl methyl sites for hydroxylation is 2. The maximum Gasteiger partial charge on any atom is 0.444 e. The minimum absolute atomic E-state index is 0.335. The van der Waals surface area contributed by atoms with Gasteiger partial charge >= 0.3 is 6.80 Å². The molecule has 0 aliphatic carbocycles. The lowest BCUT2D eigenvalue weighted by Gasteiger charge is -2.18. The smallest absolute Gasteiger partial charge is 0.417 e. The van der Waals surface area contributed by atoms with Gasteiger partial charge in [-0.15, -0.1) is 0 Å². The molecule has 0 N–H and O–H groups in total. The molecular formula is C16H19O3PS. The van der Waals surface area contributed by atoms with Crippen LogP contribution >= 0.6 is 18.2 Å². The lowest BCUT2D eigenvalue weighted by Crippen LogP contribution is -1.95. The molecule has 0 fully saturated rings. The number of hydrogen-bond donors (Lipinski definition) is 0. The Labute approximate surface area is 130 Å². The van der Waals surface area contributed by atoms with Gasteiger partial charge in [0, 0.05) is 16.3 Å². The van der Waals surface area contributed by atoms with Crippen molar-refractivity contribution < 1.29 is 13.6 Å². The largest absolute Gasteiger partial charge is 0.444 e. The van der Waals surface area contributed by atoms with Crippen LogP contribution in [0.1, 0.15) is 18.1 Å². The molecule has 0 aromatic heterocycles. The Morgan fingerprint density at radius 2 is 1.81 bits per heavy atom. The first-order valence-corrected chi connectivity index (χ1v) is 9.75. The SMILES string of the molecule is CCOP(=O)(Oc1ccccc1)Sc1ccc(C)cc1C. The van der Waals surface area contributed by atoms with Crippen molar-refractivity contribution in [1.82, 2.24) is 0 Å². The molecule has 2 aromatic rings. The molecule has 2 aromatic carbocycles. The van der Waals surface area contributed by atoms with E-state index in [9.17, 15) is 4.57 Å². The van der Waals surface area contributed by atoms with Crippen molar-refractivity contribution in [2.24, 2.45) is 0 Å². The van der Waals surface area contributed by atoms with Crippen LogP contribution in [0, 0.1) is 13.8 Å². The van der Waals surface area contributed by atoms with E-state index in [1.165, 1.54) is 5.56 Å². The van der Waals surface area contributed by atoms with Crippen LogP contribution in [0.4, 0.5) is 0 Å². The Balaban J connectivity index is 2.23. The summed E-state index contributed by atoms with van der Waals surface area (Å²) in [6.45, 7) is 2.88. The average Bonchev–Trinajstić information content (AvgIpc) is 2.43. The van der Waals surface area contributed by atoms with Crippen LogP contribution in [-0.2, 0) is 9.09 Å². The first-order valence-electron chi connectivity index (χ1n) is 6.78. The van der Waals surface area contributed by atoms with Gasteiger partial charge in [-0.05, 0) is 44.5 Å². The second-order valence-corrected chi connectivity index (χ2v) is 8.48. The molecule has 0 amide bonds. The molecular weight excluding hydrogens is 303 g/mol. The van der Waals surface area contributed by atoms with Gasteiger partial charge in [-0.2, -0.15) is 0 Å². The standard InChI is InChI=1S/C16H19O3PS/c1-4-18-20(17,19-15-8-6-5-7-9-15)21-16-11-10-13(2)12-14(16)3/h5-12H,4H2,1-3H3. The second-order valence-electron chi connectivity index (χ2n) is 4.63. The zero-order chi connectivity index (χ0) is 15.3. The maximum absolute atomic E-state index is 12.9. The van der Waals surface area contributed by atoms with E-state index in [0.717, 1.165) is 21.8 Å². The number of hydrogen-bond acceptors (Lipinski definition) is 4. The highest BCUT2D eigenvalue weighted by Gasteiger charge is 2.28. The minimum atomic E-state index is -3.29. The van der Waals surface area contributed by atoms with Crippen molar-refractivity contribution in [1.29, 1.82) is 0 Å². The van der Waals surface area contributed by atoms with E-state index in [4.69, 9.17) is 9.05 Å². The molecule has 21 heavy (non-hydrogen) atoms. The van der Waals surface area contributed by atoms with Gasteiger partial charge in [0.2, 0.25) is 0 Å². The molecule has 0 aliphatic rings. The molecule has 0 heterocycles. The van der Waals surface area contributed by atoms with Crippen LogP contribution in [0.15, 0.2) is 53.4 Å². The van der Waals surface area contributed by atoms with Gasteiger partial charge < -0.3 is 4.52 Å². The summed E-state index contributed by atoms with van der Waals surface area (Å²) in [7, 11) is 0. The number of para-hydroxylation sites is 1. The van der Waals surface area contributed by atoms with Crippen molar-refractivity contribution in [3.8, 4) is 5.75 Å². The normalized spacial score (nSPS) is 13.7. The van der Waals surface area contributed by atoms with Crippen molar-refractivity contribution in [2.45, 2.75) is 25.7 Å². The Kier molecular flexibility index (Phi) is 5.51. The molecule has 0 bridgehead atoms. The fourth-order valence-corrected chi connectivity index (χ4v) is 5.46. The third-order valence-corrected chi connectivity index (χ3v) is 6.48. The van der Waals surface area contributed by atoms with Crippen molar-refractivity contribution in [2.75, 3.05) is 6.61 Å². The number of rotatable bonds is 6. The molecule has 0 saturated heterocycles. The monoisotopic (exact) mass is 322 g/mol. The third kappa shape index (κ3) is 4.63. The van der Waals surface area contributed by atoms with Gasteiger partial charge in [-0.1, -0.05) is 35.9 Å². The van der Waals surface area contributed by atoms with Crippen LogP contribution in [0.3, 0.4) is 0 Å². The van der Waals surface area contributed by atoms with Gasteiger partial charge in [0.25, 0.3) is 0 Å². The van der Waals surface area contributed by atoms with Crippen molar-refractivity contribution >= 4 is 18.2 Å². The zero-order valence-corrected chi connectivity index (χ0v) is 14.1. The fraction of sp³-hybridized carbons (Fsp3) is 0.250. The van der Waals surface area contributed by atoms with Crippen LogP contribution in [-0.4, -0.2) is 6.61 Å². The molecule has 0 radical (unpaired) electrons. The van der Waals surface area contributed by atoms with Gasteiger partial charge in [0.1, 0.15) is 5.75 Å². The van der Waals surface area contributed by atoms with Crippen LogP contribution in [0.5, 0.6) is 5.75 Å². The number of benzene rings is 2. The molecule has 0 saturated carbocycles. The highest BCUT2D eigenvalue weighted by atomic mass is 32.7. The van der Waals surface area contributed by atoms with Gasteiger partial charge in [0.05, 0.1) is 6.61 Å². The first kappa shape index (κ1) is 16.2. The van der Waals surface area contributed by atoms with E-state index in [1.54, 1.807) is 12.1 Å². The predicted molar refractivity (Wildman–Crippen MR) is 88.1 cm³/mol. The van der Waals surface area contributed by atoms with Crippen LogP contribution in [0.2, 0.25) is 0 Å². The summed E-state index contributed by atoms with van der Waals surface area (Å²) in [6.07, 6.45) is 0. The summed E-state index contributed by atoms with van der Waals surface area (Å²) >= 11 is 1.16. The lowest BCUT2D eigenvalue weighted by molar-refractivity contribution is 0.296. The summed E-state index contributed by atoms with van der Waals surface area (Å²) in [6, 6.07) is 15.1. The maximum atomic E-state index is 12.9. The third-order valence-electron chi connectivity index (χ3n) is 2.79. The van der Waals surface area contributed by atoms with Gasteiger partial charge in [-0.3, -0.25) is 4.52 Å². The molecule has 1 unspecified atom stereocenters. The Morgan fingerprint density at radius 1 is 1.10 bits per heavy atom. The minimum Gasteiger partial charge on any atom is -0.417 e. The summed E-state index contributed by atoms with van der Waals surface area (Å²) in [5.41, 5.74) is 2.24. The zero-order valence-electron chi connectivity index (χ0n) is 12.4. The lowest BCUT2D eigenvalue weighted by atomic mass is 10.2. The Morgan fingerprint density at radius 3 is 2.43 bits per heavy atom. The van der Waals surface area contributed by atoms with Crippen molar-refractivity contribution in [3.05, 3.63) is 59.7 Å². The molecule has 0 spiro atoms. The summed E-state index contributed by atoms with van der Waals surface area (Å²) < 4.78 is 24.0. The Bertz CT molecular complexity index is 643. The quantitative estimate of drug-likeness (QED) is 0.647.